The van der Waals surface area contributed by atoms with Gasteiger partial charge in [-0.3, -0.25) is 9.69 Å². The molecule has 1 aromatic carbocycles. The summed E-state index contributed by atoms with van der Waals surface area (Å²) in [4.78, 5) is 25.8. The number of rotatable bonds is 2. The minimum absolute atomic E-state index is 0.163. The van der Waals surface area contributed by atoms with Gasteiger partial charge in [-0.2, -0.15) is 0 Å². The van der Waals surface area contributed by atoms with E-state index in [-0.39, 0.29) is 18.5 Å². The van der Waals surface area contributed by atoms with E-state index in [0.29, 0.717) is 18.0 Å². The van der Waals surface area contributed by atoms with Crippen molar-refractivity contribution in [2.75, 3.05) is 13.1 Å². The van der Waals surface area contributed by atoms with Gasteiger partial charge in [0.05, 0.1) is 6.54 Å². The zero-order valence-corrected chi connectivity index (χ0v) is 12.0. The number of amides is 3. The van der Waals surface area contributed by atoms with Gasteiger partial charge in [0, 0.05) is 11.6 Å². The number of aryl methyl sites for hydroxylation is 1. The smallest absolute Gasteiger partial charge is 0.322 e. The molecule has 3 amide bonds. The van der Waals surface area contributed by atoms with Crippen LogP contribution in [0.3, 0.4) is 0 Å². The second-order valence-corrected chi connectivity index (χ2v) is 5.83. The first-order valence-electron chi connectivity index (χ1n) is 6.62. The van der Waals surface area contributed by atoms with Crippen molar-refractivity contribution < 1.29 is 9.59 Å². The third kappa shape index (κ3) is 2.07. The molecule has 1 atom stereocenters. The summed E-state index contributed by atoms with van der Waals surface area (Å²) in [6.07, 6.45) is 0.635. The van der Waals surface area contributed by atoms with Crippen molar-refractivity contribution in [3.63, 3.8) is 0 Å². The predicted octanol–water partition coefficient (Wildman–Crippen LogP) is 1.43. The van der Waals surface area contributed by atoms with Crippen molar-refractivity contribution in [2.24, 2.45) is 0 Å². The van der Waals surface area contributed by atoms with Crippen LogP contribution < -0.4 is 10.6 Å². The molecule has 20 heavy (non-hydrogen) atoms. The van der Waals surface area contributed by atoms with Crippen molar-refractivity contribution in [1.29, 1.82) is 0 Å². The first kappa shape index (κ1) is 13.4. The number of hydrogen-bond acceptors (Lipinski definition) is 3. The lowest BCUT2D eigenvalue weighted by Gasteiger charge is -2.19. The van der Waals surface area contributed by atoms with Gasteiger partial charge in [-0.1, -0.05) is 23.7 Å². The Morgan fingerprint density at radius 1 is 1.40 bits per heavy atom. The van der Waals surface area contributed by atoms with Gasteiger partial charge in [0.25, 0.3) is 5.91 Å². The summed E-state index contributed by atoms with van der Waals surface area (Å²) in [5.41, 5.74) is 1.07. The van der Waals surface area contributed by atoms with Crippen molar-refractivity contribution in [3.05, 3.63) is 34.3 Å². The van der Waals surface area contributed by atoms with E-state index in [1.54, 1.807) is 0 Å². The Labute approximate surface area is 122 Å². The Hall–Kier alpha value is -1.59. The number of benzene rings is 1. The van der Waals surface area contributed by atoms with Crippen LogP contribution in [0, 0.1) is 6.92 Å². The highest BCUT2D eigenvalue weighted by Gasteiger charge is 2.52. The topological polar surface area (TPSA) is 61.4 Å². The van der Waals surface area contributed by atoms with Gasteiger partial charge < -0.3 is 10.6 Å². The Kier molecular flexibility index (Phi) is 3.18. The molecule has 3 rings (SSSR count). The molecule has 1 unspecified atom stereocenters. The first-order chi connectivity index (χ1) is 9.52. The van der Waals surface area contributed by atoms with Crippen LogP contribution in [0.25, 0.3) is 0 Å². The number of carbonyl (C=O) groups is 2. The first-order valence-corrected chi connectivity index (χ1v) is 6.99. The van der Waals surface area contributed by atoms with Gasteiger partial charge in [-0.15, -0.1) is 0 Å². The van der Waals surface area contributed by atoms with Gasteiger partial charge in [0.2, 0.25) is 0 Å². The molecule has 6 heteroatoms. The van der Waals surface area contributed by atoms with E-state index < -0.39 is 5.54 Å². The summed E-state index contributed by atoms with van der Waals surface area (Å²) >= 11 is 6.17. The molecule has 106 valence electrons. The second kappa shape index (κ2) is 4.75. The number of nitrogens with zero attached hydrogens (tertiary/aromatic N) is 1. The molecule has 0 aromatic heterocycles. The number of halogens is 1. The highest BCUT2D eigenvalue weighted by atomic mass is 35.5. The van der Waals surface area contributed by atoms with Crippen LogP contribution in [0.4, 0.5) is 4.79 Å². The van der Waals surface area contributed by atoms with E-state index in [1.165, 1.54) is 4.90 Å². The highest BCUT2D eigenvalue weighted by molar-refractivity contribution is 6.31. The fraction of sp³-hybridized carbons (Fsp3) is 0.429. The zero-order valence-electron chi connectivity index (χ0n) is 11.2. The maximum Gasteiger partial charge on any atom is 0.325 e. The Morgan fingerprint density at radius 2 is 2.20 bits per heavy atom. The van der Waals surface area contributed by atoms with E-state index in [9.17, 15) is 9.59 Å². The predicted molar refractivity (Wildman–Crippen MR) is 75.5 cm³/mol. The summed E-state index contributed by atoms with van der Waals surface area (Å²) in [7, 11) is 0. The summed E-state index contributed by atoms with van der Waals surface area (Å²) in [6.45, 7) is 3.40. The molecular formula is C14H16ClN3O2. The molecule has 2 N–H and O–H groups in total. The molecule has 2 heterocycles. The van der Waals surface area contributed by atoms with E-state index in [2.05, 4.69) is 10.6 Å². The monoisotopic (exact) mass is 293 g/mol. The molecule has 2 aliphatic rings. The lowest BCUT2D eigenvalue weighted by Crippen LogP contribution is -2.48. The van der Waals surface area contributed by atoms with Crippen LogP contribution in [0.15, 0.2) is 18.2 Å². The van der Waals surface area contributed by atoms with Crippen LogP contribution in [-0.4, -0.2) is 35.5 Å². The molecule has 5 nitrogen and oxygen atoms in total. The van der Waals surface area contributed by atoms with Gasteiger partial charge in [0.1, 0.15) is 5.54 Å². The lowest BCUT2D eigenvalue weighted by atomic mass is 9.99. The molecule has 0 saturated carbocycles. The van der Waals surface area contributed by atoms with E-state index in [0.717, 1.165) is 17.7 Å². The molecule has 2 aliphatic heterocycles. The van der Waals surface area contributed by atoms with Gasteiger partial charge in [-0.05, 0) is 37.1 Å². The summed E-state index contributed by atoms with van der Waals surface area (Å²) in [6, 6.07) is 5.28. The standard InChI is InChI=1S/C14H16ClN3O2/c1-9-2-3-10(11(15)6-9)7-18-12(19)14(17-13(18)20)4-5-16-8-14/h2-3,6,16H,4-5,7-8H2,1H3,(H,17,20). The number of imide groups is 1. The third-order valence-electron chi connectivity index (χ3n) is 3.94. The van der Waals surface area contributed by atoms with Crippen molar-refractivity contribution in [3.8, 4) is 0 Å². The second-order valence-electron chi connectivity index (χ2n) is 5.43. The maximum atomic E-state index is 12.5. The van der Waals surface area contributed by atoms with Crippen LogP contribution in [0.5, 0.6) is 0 Å². The zero-order chi connectivity index (χ0) is 14.3. The third-order valence-corrected chi connectivity index (χ3v) is 4.29. The molecule has 2 fully saturated rings. The maximum absolute atomic E-state index is 12.5. The largest absolute Gasteiger partial charge is 0.325 e. The van der Waals surface area contributed by atoms with Crippen LogP contribution in [-0.2, 0) is 11.3 Å². The van der Waals surface area contributed by atoms with Crippen LogP contribution in [0.1, 0.15) is 17.5 Å². The molecule has 1 aromatic rings. The number of urea groups is 1. The number of hydrogen-bond donors (Lipinski definition) is 2. The molecule has 1 spiro atoms. The molecular weight excluding hydrogens is 278 g/mol. The average Bonchev–Trinajstić information content (AvgIpc) is 2.94. The SMILES string of the molecule is Cc1ccc(CN2C(=O)NC3(CCNC3)C2=O)c(Cl)c1. The van der Waals surface area contributed by atoms with Crippen LogP contribution in [0.2, 0.25) is 5.02 Å². The van der Waals surface area contributed by atoms with E-state index >= 15 is 0 Å². The normalized spacial score (nSPS) is 25.6. The van der Waals surface area contributed by atoms with Crippen LogP contribution >= 0.6 is 11.6 Å². The average molecular weight is 294 g/mol. The van der Waals surface area contributed by atoms with E-state index in [1.807, 2.05) is 25.1 Å². The van der Waals surface area contributed by atoms with Gasteiger partial charge in [-0.25, -0.2) is 4.79 Å². The summed E-state index contributed by atoms with van der Waals surface area (Å²) in [5, 5.41) is 6.51. The lowest BCUT2D eigenvalue weighted by molar-refractivity contribution is -0.131. The quantitative estimate of drug-likeness (QED) is 0.811. The Balaban J connectivity index is 1.84. The fourth-order valence-electron chi connectivity index (χ4n) is 2.75. The van der Waals surface area contributed by atoms with Crippen molar-refractivity contribution in [1.82, 2.24) is 15.5 Å². The number of nitrogens with one attached hydrogen (secondary N) is 2. The van der Waals surface area contributed by atoms with Gasteiger partial charge >= 0.3 is 6.03 Å². The molecule has 2 saturated heterocycles. The Bertz CT molecular complexity index is 582. The Morgan fingerprint density at radius 3 is 2.85 bits per heavy atom. The van der Waals surface area contributed by atoms with Crippen molar-refractivity contribution >= 4 is 23.5 Å². The fourth-order valence-corrected chi connectivity index (χ4v) is 3.05. The highest BCUT2D eigenvalue weighted by Crippen LogP contribution is 2.27. The van der Waals surface area contributed by atoms with Crippen molar-refractivity contribution in [2.45, 2.75) is 25.4 Å². The number of carbonyl (C=O) groups excluding carboxylic acids is 2. The van der Waals surface area contributed by atoms with E-state index in [4.69, 9.17) is 11.6 Å². The molecule has 0 aliphatic carbocycles. The van der Waals surface area contributed by atoms with Gasteiger partial charge in [0.15, 0.2) is 0 Å². The molecule has 0 bridgehead atoms. The summed E-state index contributed by atoms with van der Waals surface area (Å²) in [5.74, 6) is -0.163. The minimum atomic E-state index is -0.756. The molecule has 0 radical (unpaired) electrons. The summed E-state index contributed by atoms with van der Waals surface area (Å²) < 4.78 is 0. The minimum Gasteiger partial charge on any atom is -0.322 e.